The summed E-state index contributed by atoms with van der Waals surface area (Å²) in [5.74, 6) is -0.151. The average molecular weight is 397 g/mol. The minimum Gasteiger partial charge on any atom is -0.460 e. The van der Waals surface area contributed by atoms with E-state index in [-0.39, 0.29) is 12.5 Å². The van der Waals surface area contributed by atoms with Gasteiger partial charge in [0.15, 0.2) is 5.82 Å². The number of benzene rings is 1. The van der Waals surface area contributed by atoms with Crippen LogP contribution in [0.25, 0.3) is 11.4 Å². The monoisotopic (exact) mass is 397 g/mol. The van der Waals surface area contributed by atoms with Gasteiger partial charge in [0.25, 0.3) is 5.91 Å². The summed E-state index contributed by atoms with van der Waals surface area (Å²) < 4.78 is 11.9. The Morgan fingerprint density at radius 2 is 2.03 bits per heavy atom. The molecule has 0 aliphatic rings. The Morgan fingerprint density at radius 3 is 2.72 bits per heavy atom. The van der Waals surface area contributed by atoms with Crippen LogP contribution in [0, 0.1) is 13.8 Å². The van der Waals surface area contributed by atoms with E-state index < -0.39 is 5.97 Å². The molecule has 29 heavy (non-hydrogen) atoms. The molecule has 152 valence electrons. The van der Waals surface area contributed by atoms with Crippen molar-refractivity contribution in [1.82, 2.24) is 19.7 Å². The number of esters is 1. The number of hydrogen-bond acceptors (Lipinski definition) is 6. The lowest BCUT2D eigenvalue weighted by molar-refractivity contribution is 0.0387. The number of hydrogen-bond donors (Lipinski definition) is 2. The molecule has 2 N–H and O–H groups in total. The van der Waals surface area contributed by atoms with Crippen LogP contribution in [0.5, 0.6) is 0 Å². The molecule has 0 saturated heterocycles. The molecule has 0 aliphatic carbocycles. The maximum atomic E-state index is 12.8. The number of nitrogens with zero attached hydrogens (tertiary/aromatic N) is 3. The minimum absolute atomic E-state index is 0.149. The number of methoxy groups -OCH3 is 1. The maximum Gasteiger partial charge on any atom is 0.340 e. The number of carbonyl (C=O) groups excluding carboxylic acids is 2. The zero-order valence-electron chi connectivity index (χ0n) is 16.8. The topological polar surface area (TPSA) is 111 Å². The predicted molar refractivity (Wildman–Crippen MR) is 107 cm³/mol. The highest BCUT2D eigenvalue weighted by Crippen LogP contribution is 2.23. The smallest absolute Gasteiger partial charge is 0.340 e. The molecule has 1 amide bonds. The van der Waals surface area contributed by atoms with Gasteiger partial charge in [-0.05, 0) is 31.5 Å². The molecular formula is C20H23N5O4. The fourth-order valence-electron chi connectivity index (χ4n) is 3.05. The molecule has 0 radical (unpaired) electrons. The molecule has 9 nitrogen and oxygen atoms in total. The number of aryl methyl sites for hydroxylation is 2. The summed E-state index contributed by atoms with van der Waals surface area (Å²) in [6.45, 7) is 3.89. The molecule has 3 aromatic rings. The van der Waals surface area contributed by atoms with E-state index >= 15 is 0 Å². The fraction of sp³-hybridized carbons (Fsp3) is 0.300. The van der Waals surface area contributed by atoms with Crippen molar-refractivity contribution in [3.05, 3.63) is 53.1 Å². The van der Waals surface area contributed by atoms with E-state index in [0.29, 0.717) is 40.6 Å². The first-order chi connectivity index (χ1) is 13.9. The van der Waals surface area contributed by atoms with E-state index in [1.165, 1.54) is 7.11 Å². The van der Waals surface area contributed by atoms with Gasteiger partial charge in [-0.1, -0.05) is 12.1 Å². The summed E-state index contributed by atoms with van der Waals surface area (Å²) in [6.07, 6.45) is 1.61. The lowest BCUT2D eigenvalue weighted by Gasteiger charge is -2.08. The van der Waals surface area contributed by atoms with Gasteiger partial charge in [0.1, 0.15) is 18.6 Å². The van der Waals surface area contributed by atoms with Gasteiger partial charge in [0.05, 0.1) is 12.2 Å². The first-order valence-electron chi connectivity index (χ1n) is 9.03. The van der Waals surface area contributed by atoms with Gasteiger partial charge in [-0.25, -0.2) is 4.79 Å². The molecule has 2 aromatic heterocycles. The summed E-state index contributed by atoms with van der Waals surface area (Å²) in [6, 6.07) is 7.30. The number of aromatic amines is 1. The van der Waals surface area contributed by atoms with Crippen molar-refractivity contribution in [3.63, 3.8) is 0 Å². The number of anilines is 1. The molecule has 0 spiro atoms. The van der Waals surface area contributed by atoms with Gasteiger partial charge >= 0.3 is 5.97 Å². The molecule has 0 atom stereocenters. The Labute approximate surface area is 168 Å². The zero-order valence-corrected chi connectivity index (χ0v) is 16.8. The van der Waals surface area contributed by atoms with Crippen LogP contribution in [0.15, 0.2) is 30.6 Å². The highest BCUT2D eigenvalue weighted by molar-refractivity contribution is 6.07. The molecular weight excluding hydrogens is 374 g/mol. The van der Waals surface area contributed by atoms with Crippen LogP contribution in [0.2, 0.25) is 0 Å². The lowest BCUT2D eigenvalue weighted by Crippen LogP contribution is -2.15. The number of H-pyrrole nitrogens is 1. The van der Waals surface area contributed by atoms with E-state index in [1.54, 1.807) is 30.8 Å². The number of aromatic nitrogens is 4. The first-order valence-corrected chi connectivity index (χ1v) is 9.03. The SMILES string of the molecule is COCCOC(=O)c1c(C)[nH]c(C(=O)Nc2cccc(-c3nncn3C)c2)c1C. The number of nitrogens with one attached hydrogen (secondary N) is 2. The van der Waals surface area contributed by atoms with E-state index in [9.17, 15) is 9.59 Å². The van der Waals surface area contributed by atoms with Crippen molar-refractivity contribution in [2.24, 2.45) is 7.05 Å². The van der Waals surface area contributed by atoms with E-state index in [4.69, 9.17) is 9.47 Å². The molecule has 0 fully saturated rings. The van der Waals surface area contributed by atoms with Crippen molar-refractivity contribution in [3.8, 4) is 11.4 Å². The first kappa shape index (κ1) is 20.3. The van der Waals surface area contributed by atoms with Crippen molar-refractivity contribution >= 4 is 17.6 Å². The van der Waals surface area contributed by atoms with E-state index in [1.807, 2.05) is 25.2 Å². The fourth-order valence-corrected chi connectivity index (χ4v) is 3.05. The largest absolute Gasteiger partial charge is 0.460 e. The Morgan fingerprint density at radius 1 is 1.24 bits per heavy atom. The summed E-state index contributed by atoms with van der Waals surface area (Å²) in [5.41, 5.74) is 3.20. The highest BCUT2D eigenvalue weighted by atomic mass is 16.6. The average Bonchev–Trinajstić information content (AvgIpc) is 3.24. The number of ether oxygens (including phenoxy) is 2. The quantitative estimate of drug-likeness (QED) is 0.468. The summed E-state index contributed by atoms with van der Waals surface area (Å²) >= 11 is 0. The molecule has 3 rings (SSSR count). The normalized spacial score (nSPS) is 10.8. The molecule has 0 bridgehead atoms. The maximum absolute atomic E-state index is 12.8. The molecule has 0 aliphatic heterocycles. The third kappa shape index (κ3) is 4.35. The number of amides is 1. The standard InChI is InChI=1S/C20H23N5O4/c1-12-16(20(27)29-9-8-28-4)13(2)22-17(12)19(26)23-15-7-5-6-14(10-15)18-24-21-11-25(18)3/h5-7,10-11,22H,8-9H2,1-4H3,(H,23,26). The zero-order chi connectivity index (χ0) is 21.0. The lowest BCUT2D eigenvalue weighted by atomic mass is 10.1. The second-order valence-corrected chi connectivity index (χ2v) is 6.55. The van der Waals surface area contributed by atoms with Gasteiger partial charge in [-0.15, -0.1) is 10.2 Å². The Bertz CT molecular complexity index is 1040. The molecule has 2 heterocycles. The number of carbonyl (C=O) groups is 2. The van der Waals surface area contributed by atoms with E-state index in [0.717, 1.165) is 5.56 Å². The van der Waals surface area contributed by atoms with Crippen molar-refractivity contribution in [2.45, 2.75) is 13.8 Å². The Kier molecular flexibility index (Phi) is 6.08. The minimum atomic E-state index is -0.489. The van der Waals surface area contributed by atoms with Crippen molar-refractivity contribution in [2.75, 3.05) is 25.6 Å². The summed E-state index contributed by atoms with van der Waals surface area (Å²) in [4.78, 5) is 28.1. The molecule has 9 heteroatoms. The Hall–Kier alpha value is -3.46. The van der Waals surface area contributed by atoms with Crippen molar-refractivity contribution in [1.29, 1.82) is 0 Å². The van der Waals surface area contributed by atoms with Gasteiger partial charge in [0.2, 0.25) is 0 Å². The van der Waals surface area contributed by atoms with Gasteiger partial charge < -0.3 is 24.3 Å². The van der Waals surface area contributed by atoms with E-state index in [2.05, 4.69) is 20.5 Å². The predicted octanol–water partition coefficient (Wildman–Crippen LogP) is 2.48. The van der Waals surface area contributed by atoms with Crippen LogP contribution < -0.4 is 5.32 Å². The molecule has 1 aromatic carbocycles. The van der Waals surface area contributed by atoms with Gasteiger partial charge in [0, 0.05) is 31.1 Å². The van der Waals surface area contributed by atoms with Gasteiger partial charge in [-0.2, -0.15) is 0 Å². The summed E-state index contributed by atoms with van der Waals surface area (Å²) in [5, 5.41) is 10.8. The van der Waals surface area contributed by atoms with Crippen LogP contribution in [-0.2, 0) is 16.5 Å². The number of rotatable bonds is 7. The van der Waals surface area contributed by atoms with Crippen LogP contribution in [0.1, 0.15) is 32.1 Å². The van der Waals surface area contributed by atoms with Crippen molar-refractivity contribution < 1.29 is 19.1 Å². The second kappa shape index (κ2) is 8.70. The summed E-state index contributed by atoms with van der Waals surface area (Å²) in [7, 11) is 3.38. The third-order valence-electron chi connectivity index (χ3n) is 4.48. The molecule has 0 saturated carbocycles. The highest BCUT2D eigenvalue weighted by Gasteiger charge is 2.23. The van der Waals surface area contributed by atoms with Gasteiger partial charge in [-0.3, -0.25) is 4.79 Å². The second-order valence-electron chi connectivity index (χ2n) is 6.55. The Balaban J connectivity index is 1.79. The van der Waals surface area contributed by atoms with Crippen LogP contribution in [0.4, 0.5) is 5.69 Å². The van der Waals surface area contributed by atoms with Crippen LogP contribution in [0.3, 0.4) is 0 Å². The van der Waals surface area contributed by atoms with Crippen LogP contribution >= 0.6 is 0 Å². The third-order valence-corrected chi connectivity index (χ3v) is 4.48. The molecule has 0 unspecified atom stereocenters. The van der Waals surface area contributed by atoms with Crippen LogP contribution in [-0.4, -0.2) is 51.9 Å².